The number of carbonyl (C=O) groups excluding carboxylic acids is 1. The van der Waals surface area contributed by atoms with Gasteiger partial charge in [0.2, 0.25) is 0 Å². The van der Waals surface area contributed by atoms with E-state index in [9.17, 15) is 4.79 Å². The normalized spacial score (nSPS) is 11.2. The van der Waals surface area contributed by atoms with Crippen LogP contribution < -0.4 is 10.1 Å². The van der Waals surface area contributed by atoms with Gasteiger partial charge < -0.3 is 14.2 Å². The lowest BCUT2D eigenvalue weighted by Crippen LogP contribution is -2.33. The fourth-order valence-electron chi connectivity index (χ4n) is 2.12. The summed E-state index contributed by atoms with van der Waals surface area (Å²) in [7, 11) is 1.57. The van der Waals surface area contributed by atoms with E-state index in [2.05, 4.69) is 17.2 Å². The van der Waals surface area contributed by atoms with Crippen LogP contribution in [0.25, 0.3) is 0 Å². The molecule has 0 heterocycles. The zero-order valence-electron chi connectivity index (χ0n) is 15.5. The number of amidine groups is 1. The van der Waals surface area contributed by atoms with Crippen molar-refractivity contribution >= 4 is 11.9 Å². The molecule has 1 rings (SSSR count). The Morgan fingerprint density at radius 2 is 2.00 bits per heavy atom. The smallest absolute Gasteiger partial charge is 0.291 e. The Balaban J connectivity index is 2.62. The van der Waals surface area contributed by atoms with E-state index in [-0.39, 0.29) is 11.9 Å². The number of nitrogens with one attached hydrogen (secondary N) is 1. The van der Waals surface area contributed by atoms with Crippen LogP contribution in [0.3, 0.4) is 0 Å². The van der Waals surface area contributed by atoms with Crippen LogP contribution in [0.5, 0.6) is 5.75 Å². The molecule has 6 nitrogen and oxygen atoms in total. The van der Waals surface area contributed by atoms with Gasteiger partial charge in [0.15, 0.2) is 0 Å². The van der Waals surface area contributed by atoms with E-state index in [1.807, 2.05) is 6.92 Å². The predicted octanol–water partition coefficient (Wildman–Crippen LogP) is 3.41. The van der Waals surface area contributed by atoms with E-state index in [1.54, 1.807) is 31.4 Å². The van der Waals surface area contributed by atoms with Gasteiger partial charge in [0.1, 0.15) is 12.4 Å². The Morgan fingerprint density at radius 1 is 1.16 bits per heavy atom. The van der Waals surface area contributed by atoms with E-state index in [1.165, 1.54) is 12.8 Å². The van der Waals surface area contributed by atoms with E-state index in [4.69, 9.17) is 14.2 Å². The molecule has 0 aliphatic rings. The third-order valence-corrected chi connectivity index (χ3v) is 3.49. The van der Waals surface area contributed by atoms with E-state index < -0.39 is 0 Å². The maximum absolute atomic E-state index is 12.4. The average molecular weight is 350 g/mol. The molecule has 0 spiro atoms. The lowest BCUT2D eigenvalue weighted by molar-refractivity contribution is 0.0921. The fourth-order valence-corrected chi connectivity index (χ4v) is 2.12. The van der Waals surface area contributed by atoms with Crippen LogP contribution in [0.2, 0.25) is 0 Å². The zero-order valence-corrected chi connectivity index (χ0v) is 15.5. The minimum Gasteiger partial charge on any atom is -0.497 e. The molecule has 140 valence electrons. The van der Waals surface area contributed by atoms with Gasteiger partial charge in [-0.05, 0) is 31.5 Å². The summed E-state index contributed by atoms with van der Waals surface area (Å²) in [5.41, 5.74) is 0.492. The van der Waals surface area contributed by atoms with Gasteiger partial charge in [-0.1, -0.05) is 32.3 Å². The van der Waals surface area contributed by atoms with Crippen LogP contribution in [0.1, 0.15) is 49.9 Å². The zero-order chi connectivity index (χ0) is 18.3. The Hall–Kier alpha value is -2.08. The predicted molar refractivity (Wildman–Crippen MR) is 99.3 cm³/mol. The molecule has 0 fully saturated rings. The van der Waals surface area contributed by atoms with Crippen LogP contribution in [-0.2, 0) is 9.47 Å². The maximum Gasteiger partial charge on any atom is 0.291 e. The first-order valence-corrected chi connectivity index (χ1v) is 8.91. The first kappa shape index (κ1) is 21.0. The Bertz CT molecular complexity index is 532. The number of ether oxygens (including phenoxy) is 3. The first-order chi connectivity index (χ1) is 12.2. The van der Waals surface area contributed by atoms with Crippen LogP contribution in [0.15, 0.2) is 29.3 Å². The molecule has 0 radical (unpaired) electrons. The minimum atomic E-state index is -0.275. The summed E-state index contributed by atoms with van der Waals surface area (Å²) >= 11 is 0. The van der Waals surface area contributed by atoms with Gasteiger partial charge in [0, 0.05) is 18.7 Å². The topological polar surface area (TPSA) is 69.2 Å². The van der Waals surface area contributed by atoms with Crippen molar-refractivity contribution in [3.05, 3.63) is 29.8 Å². The summed E-state index contributed by atoms with van der Waals surface area (Å²) in [6, 6.07) is 7.19. The minimum absolute atomic E-state index is 0.240. The van der Waals surface area contributed by atoms with Gasteiger partial charge in [-0.25, -0.2) is 4.99 Å². The van der Waals surface area contributed by atoms with Gasteiger partial charge in [-0.15, -0.1) is 0 Å². The van der Waals surface area contributed by atoms with Crippen molar-refractivity contribution < 1.29 is 19.0 Å². The molecule has 6 heteroatoms. The van der Waals surface area contributed by atoms with Gasteiger partial charge in [0.25, 0.3) is 11.9 Å². The monoisotopic (exact) mass is 350 g/mol. The number of aliphatic imine (C=N–C) groups is 1. The molecular formula is C19H30N2O4. The summed E-state index contributed by atoms with van der Waals surface area (Å²) < 4.78 is 16.0. The Morgan fingerprint density at radius 3 is 2.72 bits per heavy atom. The Kier molecular flexibility index (Phi) is 11.1. The standard InChI is InChI=1S/C19H30N2O4/c1-4-6-7-8-12-20-19(25-14-13-24-5-2)21-18(22)16-10-9-11-17(15-16)23-3/h9-11,15H,4-8,12-14H2,1-3H3,(H,20,21,22). The SMILES string of the molecule is CCCCCCN=C(NC(=O)c1cccc(OC)c1)OCCOCC. The molecular weight excluding hydrogens is 320 g/mol. The fraction of sp³-hybridized carbons (Fsp3) is 0.579. The second-order valence-electron chi connectivity index (χ2n) is 5.48. The number of amides is 1. The average Bonchev–Trinajstić information content (AvgIpc) is 2.64. The second kappa shape index (κ2) is 13.2. The van der Waals surface area contributed by atoms with Gasteiger partial charge >= 0.3 is 0 Å². The van der Waals surface area contributed by atoms with Crippen LogP contribution in [0, 0.1) is 0 Å². The number of hydrogen-bond donors (Lipinski definition) is 1. The van der Waals surface area contributed by atoms with Crippen LogP contribution in [0.4, 0.5) is 0 Å². The van der Waals surface area contributed by atoms with Crippen molar-refractivity contribution in [2.75, 3.05) is 33.5 Å². The molecule has 0 aliphatic carbocycles. The van der Waals surface area contributed by atoms with E-state index in [0.29, 0.717) is 37.7 Å². The van der Waals surface area contributed by atoms with E-state index >= 15 is 0 Å². The molecule has 0 saturated carbocycles. The number of carbonyl (C=O) groups is 1. The van der Waals surface area contributed by atoms with Gasteiger partial charge in [0.05, 0.1) is 13.7 Å². The first-order valence-electron chi connectivity index (χ1n) is 8.91. The third kappa shape index (κ3) is 9.10. The van der Waals surface area contributed by atoms with Crippen molar-refractivity contribution in [2.24, 2.45) is 4.99 Å². The van der Waals surface area contributed by atoms with Gasteiger partial charge in [-0.2, -0.15) is 0 Å². The molecule has 0 aliphatic heterocycles. The highest BCUT2D eigenvalue weighted by atomic mass is 16.5. The summed E-state index contributed by atoms with van der Waals surface area (Å²) in [6.07, 6.45) is 4.46. The van der Waals surface area contributed by atoms with Crippen LogP contribution >= 0.6 is 0 Å². The molecule has 0 aromatic heterocycles. The molecule has 25 heavy (non-hydrogen) atoms. The highest BCUT2D eigenvalue weighted by Gasteiger charge is 2.11. The highest BCUT2D eigenvalue weighted by Crippen LogP contribution is 2.12. The molecule has 0 saturated heterocycles. The number of methoxy groups -OCH3 is 1. The summed E-state index contributed by atoms with van der Waals surface area (Å²) in [5, 5.41) is 2.73. The number of unbranched alkanes of at least 4 members (excludes halogenated alkanes) is 3. The van der Waals surface area contributed by atoms with Gasteiger partial charge in [-0.3, -0.25) is 10.1 Å². The second-order valence-corrected chi connectivity index (χ2v) is 5.48. The highest BCUT2D eigenvalue weighted by molar-refractivity contribution is 6.04. The lowest BCUT2D eigenvalue weighted by atomic mass is 10.2. The molecule has 0 unspecified atom stereocenters. The van der Waals surface area contributed by atoms with Crippen molar-refractivity contribution in [2.45, 2.75) is 39.5 Å². The lowest BCUT2D eigenvalue weighted by Gasteiger charge is -2.11. The maximum atomic E-state index is 12.4. The van der Waals surface area contributed by atoms with Crippen LogP contribution in [-0.4, -0.2) is 45.4 Å². The molecule has 1 N–H and O–H groups in total. The van der Waals surface area contributed by atoms with E-state index in [0.717, 1.165) is 12.8 Å². The van der Waals surface area contributed by atoms with Crippen molar-refractivity contribution in [3.8, 4) is 5.75 Å². The molecule has 0 atom stereocenters. The van der Waals surface area contributed by atoms with Crippen molar-refractivity contribution in [3.63, 3.8) is 0 Å². The quantitative estimate of drug-likeness (QED) is 0.377. The summed E-state index contributed by atoms with van der Waals surface area (Å²) in [5.74, 6) is 0.352. The molecule has 1 aromatic carbocycles. The molecule has 0 bridgehead atoms. The number of benzene rings is 1. The van der Waals surface area contributed by atoms with Crippen molar-refractivity contribution in [1.29, 1.82) is 0 Å². The number of nitrogens with zero attached hydrogens (tertiary/aromatic N) is 1. The Labute approximate surface area is 150 Å². The van der Waals surface area contributed by atoms with Crippen molar-refractivity contribution in [1.82, 2.24) is 5.32 Å². The third-order valence-electron chi connectivity index (χ3n) is 3.49. The number of hydrogen-bond acceptors (Lipinski definition) is 5. The summed E-state index contributed by atoms with van der Waals surface area (Å²) in [4.78, 5) is 16.8. The molecule has 1 amide bonds. The number of rotatable bonds is 11. The largest absolute Gasteiger partial charge is 0.497 e. The summed E-state index contributed by atoms with van der Waals surface area (Å²) in [6.45, 7) is 6.15. The molecule has 1 aromatic rings.